The van der Waals surface area contributed by atoms with Crippen molar-refractivity contribution in [2.24, 2.45) is 0 Å². The van der Waals surface area contributed by atoms with Crippen LogP contribution in [0.25, 0.3) is 0 Å². The van der Waals surface area contributed by atoms with E-state index < -0.39 is 6.01 Å². The molecule has 1 heterocycles. The molecule has 0 unspecified atom stereocenters. The van der Waals surface area contributed by atoms with Crippen molar-refractivity contribution in [3.05, 3.63) is 12.7 Å². The van der Waals surface area contributed by atoms with Crippen molar-refractivity contribution in [1.29, 1.82) is 0 Å². The summed E-state index contributed by atoms with van der Waals surface area (Å²) in [7, 11) is 0. The molecular formula is C3H2N3NaO. The predicted octanol–water partition coefficient (Wildman–Crippen LogP) is -4.05. The zero-order valence-corrected chi connectivity index (χ0v) is 6.40. The van der Waals surface area contributed by atoms with Crippen LogP contribution in [0.1, 0.15) is 0 Å². The van der Waals surface area contributed by atoms with Crippen molar-refractivity contribution in [2.45, 2.75) is 0 Å². The van der Waals surface area contributed by atoms with Crippen molar-refractivity contribution in [2.75, 3.05) is 0 Å². The summed E-state index contributed by atoms with van der Waals surface area (Å²) in [6.45, 7) is 0. The van der Waals surface area contributed by atoms with Crippen molar-refractivity contribution in [3.8, 4) is 6.01 Å². The van der Waals surface area contributed by atoms with Crippen molar-refractivity contribution in [3.63, 3.8) is 0 Å². The Morgan fingerprint density at radius 3 is 2.00 bits per heavy atom. The van der Waals surface area contributed by atoms with Gasteiger partial charge in [-0.05, 0) is 0 Å². The molecule has 1 rings (SSSR count). The monoisotopic (exact) mass is 119 g/mol. The number of hydrogen-bond donors (Lipinski definition) is 0. The summed E-state index contributed by atoms with van der Waals surface area (Å²) < 4.78 is 0. The second kappa shape index (κ2) is 3.77. The first-order valence-corrected chi connectivity index (χ1v) is 1.68. The average Bonchev–Trinajstić information content (AvgIpc) is 1.69. The first-order valence-electron chi connectivity index (χ1n) is 1.68. The molecule has 0 saturated carbocycles. The predicted molar refractivity (Wildman–Crippen MR) is 19.3 cm³/mol. The smallest absolute Gasteiger partial charge is 0.844 e. The second-order valence-corrected chi connectivity index (χ2v) is 0.921. The van der Waals surface area contributed by atoms with Gasteiger partial charge in [0.1, 0.15) is 12.7 Å². The number of nitrogens with zero attached hydrogens (tertiary/aromatic N) is 3. The molecule has 1 aromatic rings. The topological polar surface area (TPSA) is 61.7 Å². The third-order valence-corrected chi connectivity index (χ3v) is 0.470. The van der Waals surface area contributed by atoms with E-state index >= 15 is 0 Å². The molecule has 36 valence electrons. The quantitative estimate of drug-likeness (QED) is 0.326. The SMILES string of the molecule is [Na+].[O-]c1ncncn1. The van der Waals surface area contributed by atoms with Crippen LogP contribution >= 0.6 is 0 Å². The van der Waals surface area contributed by atoms with E-state index in [0.29, 0.717) is 0 Å². The minimum absolute atomic E-state index is 0. The summed E-state index contributed by atoms with van der Waals surface area (Å²) in [6.07, 6.45) is 2.32. The molecule has 0 aliphatic carbocycles. The molecule has 0 aliphatic heterocycles. The van der Waals surface area contributed by atoms with Gasteiger partial charge in [0.05, 0.1) is 6.01 Å². The van der Waals surface area contributed by atoms with E-state index in [1.165, 1.54) is 0 Å². The van der Waals surface area contributed by atoms with Crippen LogP contribution < -0.4 is 34.7 Å². The van der Waals surface area contributed by atoms with Crippen molar-refractivity contribution < 1.29 is 34.7 Å². The van der Waals surface area contributed by atoms with Crippen LogP contribution in [0.5, 0.6) is 6.01 Å². The van der Waals surface area contributed by atoms with Gasteiger partial charge >= 0.3 is 29.6 Å². The molecule has 0 bridgehead atoms. The fraction of sp³-hybridized carbons (Fsp3) is 0. The normalized spacial score (nSPS) is 7.50. The first-order chi connectivity index (χ1) is 3.39. The van der Waals surface area contributed by atoms with Gasteiger partial charge in [-0.25, -0.2) is 15.0 Å². The van der Waals surface area contributed by atoms with E-state index in [9.17, 15) is 5.11 Å². The van der Waals surface area contributed by atoms with Crippen LogP contribution in [-0.2, 0) is 0 Å². The van der Waals surface area contributed by atoms with E-state index in [2.05, 4.69) is 15.0 Å². The second-order valence-electron chi connectivity index (χ2n) is 0.921. The zero-order chi connectivity index (χ0) is 5.11. The fourth-order valence-corrected chi connectivity index (χ4v) is 0.229. The summed E-state index contributed by atoms with van der Waals surface area (Å²) in [5.41, 5.74) is 0. The van der Waals surface area contributed by atoms with Crippen LogP contribution in [0.3, 0.4) is 0 Å². The summed E-state index contributed by atoms with van der Waals surface area (Å²) in [5.74, 6) is 0. The molecule has 0 aliphatic rings. The van der Waals surface area contributed by atoms with Crippen LogP contribution in [-0.4, -0.2) is 15.0 Å². The number of rotatable bonds is 0. The molecule has 4 nitrogen and oxygen atoms in total. The van der Waals surface area contributed by atoms with Crippen LogP contribution in [0, 0.1) is 0 Å². The Hall–Kier alpha value is -0.190. The summed E-state index contributed by atoms with van der Waals surface area (Å²) in [4.78, 5) is 9.83. The van der Waals surface area contributed by atoms with Gasteiger partial charge in [0.2, 0.25) is 0 Å². The Balaban J connectivity index is 0.000000490. The van der Waals surface area contributed by atoms with Crippen molar-refractivity contribution in [1.82, 2.24) is 15.0 Å². The number of hydrogen-bond acceptors (Lipinski definition) is 4. The Bertz CT molecular complexity index is 144. The van der Waals surface area contributed by atoms with E-state index in [1.54, 1.807) is 0 Å². The molecule has 0 amide bonds. The molecular weight excluding hydrogens is 117 g/mol. The Kier molecular flexibility index (Phi) is 3.68. The third-order valence-electron chi connectivity index (χ3n) is 0.470. The first kappa shape index (κ1) is 7.81. The average molecular weight is 119 g/mol. The Morgan fingerprint density at radius 1 is 1.25 bits per heavy atom. The summed E-state index contributed by atoms with van der Waals surface area (Å²) >= 11 is 0. The molecule has 0 radical (unpaired) electrons. The van der Waals surface area contributed by atoms with Crippen LogP contribution in [0.15, 0.2) is 12.7 Å². The maximum Gasteiger partial charge on any atom is 1.00 e. The molecule has 0 N–H and O–H groups in total. The largest absolute Gasteiger partial charge is 1.00 e. The molecule has 5 heteroatoms. The maximum atomic E-state index is 10.0. The van der Waals surface area contributed by atoms with E-state index in [1.807, 2.05) is 0 Å². The van der Waals surface area contributed by atoms with Gasteiger partial charge in [0.25, 0.3) is 0 Å². The molecule has 0 spiro atoms. The van der Waals surface area contributed by atoms with Gasteiger partial charge in [0, 0.05) is 0 Å². The molecule has 0 saturated heterocycles. The van der Waals surface area contributed by atoms with Gasteiger partial charge in [-0.3, -0.25) is 0 Å². The molecule has 1 aromatic heterocycles. The molecule has 0 aromatic carbocycles. The number of aromatic nitrogens is 3. The van der Waals surface area contributed by atoms with Crippen molar-refractivity contribution >= 4 is 0 Å². The summed E-state index contributed by atoms with van der Waals surface area (Å²) in [5, 5.41) is 10.0. The maximum absolute atomic E-state index is 10.0. The van der Waals surface area contributed by atoms with Crippen LogP contribution in [0.2, 0.25) is 0 Å². The van der Waals surface area contributed by atoms with E-state index in [-0.39, 0.29) is 29.6 Å². The van der Waals surface area contributed by atoms with Gasteiger partial charge in [0.15, 0.2) is 0 Å². The van der Waals surface area contributed by atoms with Gasteiger partial charge in [-0.2, -0.15) is 0 Å². The molecule has 8 heavy (non-hydrogen) atoms. The van der Waals surface area contributed by atoms with E-state index in [4.69, 9.17) is 0 Å². The molecule has 0 fully saturated rings. The van der Waals surface area contributed by atoms with Gasteiger partial charge in [-0.1, -0.05) is 0 Å². The Labute approximate surface area is 68.3 Å². The summed E-state index contributed by atoms with van der Waals surface area (Å²) in [6, 6.07) is -0.491. The minimum atomic E-state index is -0.491. The van der Waals surface area contributed by atoms with Gasteiger partial charge < -0.3 is 5.11 Å². The van der Waals surface area contributed by atoms with E-state index in [0.717, 1.165) is 12.7 Å². The molecule has 0 atom stereocenters. The van der Waals surface area contributed by atoms with Crippen LogP contribution in [0.4, 0.5) is 0 Å². The zero-order valence-electron chi connectivity index (χ0n) is 4.40. The Morgan fingerprint density at radius 2 is 1.75 bits per heavy atom. The standard InChI is InChI=1S/C3H3N3O.Na/c7-3-5-1-4-2-6-3;/h1-2H,(H,4,5,6,7);/q;+1/p-1. The third kappa shape index (κ3) is 2.20. The van der Waals surface area contributed by atoms with Gasteiger partial charge in [-0.15, -0.1) is 0 Å². The fourth-order valence-electron chi connectivity index (χ4n) is 0.229. The minimum Gasteiger partial charge on any atom is -0.844 e.